The Balaban J connectivity index is 2.73. The van der Waals surface area contributed by atoms with Gasteiger partial charge in [0.15, 0.2) is 5.78 Å². The summed E-state index contributed by atoms with van der Waals surface area (Å²) in [6.07, 6.45) is 0.425. The third kappa shape index (κ3) is 1.36. The highest BCUT2D eigenvalue weighted by atomic mass is 35.5. The predicted octanol–water partition coefficient (Wildman–Crippen LogP) is 3.33. The van der Waals surface area contributed by atoms with Gasteiger partial charge in [0.25, 0.3) is 0 Å². The van der Waals surface area contributed by atoms with E-state index in [2.05, 4.69) is 4.99 Å². The number of carbonyl (C=O) groups is 1. The lowest BCUT2D eigenvalue weighted by molar-refractivity contribution is 0.0999. The van der Waals surface area contributed by atoms with Crippen molar-refractivity contribution in [1.29, 1.82) is 0 Å². The number of nitrogens with zero attached hydrogens (tertiary/aromatic N) is 1. The maximum atomic E-state index is 11.6. The van der Waals surface area contributed by atoms with Gasteiger partial charge in [-0.3, -0.25) is 9.79 Å². The van der Waals surface area contributed by atoms with Gasteiger partial charge in [0, 0.05) is 22.7 Å². The smallest absolute Gasteiger partial charge is 0.170 e. The Hall–Kier alpha value is -1.15. The Morgan fingerprint density at radius 1 is 1.36 bits per heavy atom. The number of fused-ring (bicyclic) bond motifs is 1. The minimum atomic E-state index is 0.132. The first-order valence-electron chi connectivity index (χ1n) is 4.46. The number of Topliss-reactive ketones (excluding diaryl/α,β-unsaturated/α-hetero) is 1. The molecule has 1 aliphatic heterocycles. The van der Waals surface area contributed by atoms with Crippen LogP contribution in [-0.4, -0.2) is 11.5 Å². The fraction of sp³-hybridized carbons (Fsp3) is 0.273. The van der Waals surface area contributed by atoms with Crippen molar-refractivity contribution in [3.8, 4) is 0 Å². The van der Waals surface area contributed by atoms with Gasteiger partial charge >= 0.3 is 0 Å². The summed E-state index contributed by atoms with van der Waals surface area (Å²) in [5.74, 6) is 0.132. The molecule has 0 N–H and O–H groups in total. The van der Waals surface area contributed by atoms with E-state index in [1.165, 1.54) is 0 Å². The highest BCUT2D eigenvalue weighted by Crippen LogP contribution is 2.33. The molecule has 0 aliphatic carbocycles. The average Bonchev–Trinajstić information content (AvgIpc) is 2.12. The van der Waals surface area contributed by atoms with E-state index in [0.717, 1.165) is 17.0 Å². The molecule has 0 unspecified atom stereocenters. The molecule has 0 bridgehead atoms. The number of hydrogen-bond donors (Lipinski definition) is 0. The first kappa shape index (κ1) is 9.41. The van der Waals surface area contributed by atoms with E-state index in [4.69, 9.17) is 11.6 Å². The highest BCUT2D eigenvalue weighted by molar-refractivity contribution is 6.32. The van der Waals surface area contributed by atoms with Crippen LogP contribution < -0.4 is 0 Å². The van der Waals surface area contributed by atoms with Crippen LogP contribution in [0.15, 0.2) is 17.1 Å². The van der Waals surface area contributed by atoms with Gasteiger partial charge in [0.1, 0.15) is 0 Å². The fourth-order valence-electron chi connectivity index (χ4n) is 1.60. The molecule has 1 aliphatic rings. The molecule has 2 nitrogen and oxygen atoms in total. The Bertz CT molecular complexity index is 449. The molecule has 0 saturated heterocycles. The van der Waals surface area contributed by atoms with Crippen molar-refractivity contribution in [2.45, 2.75) is 20.3 Å². The molecule has 0 radical (unpaired) electrons. The molecule has 0 atom stereocenters. The summed E-state index contributed by atoms with van der Waals surface area (Å²) < 4.78 is 0. The molecule has 0 aromatic heterocycles. The molecular weight excluding hydrogens is 198 g/mol. The minimum absolute atomic E-state index is 0.132. The van der Waals surface area contributed by atoms with Crippen molar-refractivity contribution in [3.05, 3.63) is 28.3 Å². The largest absolute Gasteiger partial charge is 0.294 e. The second-order valence-electron chi connectivity index (χ2n) is 3.52. The average molecular weight is 208 g/mol. The summed E-state index contributed by atoms with van der Waals surface area (Å²) >= 11 is 5.96. The van der Waals surface area contributed by atoms with Gasteiger partial charge in [-0.25, -0.2) is 0 Å². The van der Waals surface area contributed by atoms with E-state index < -0.39 is 0 Å². The van der Waals surface area contributed by atoms with E-state index >= 15 is 0 Å². The van der Waals surface area contributed by atoms with E-state index in [1.807, 2.05) is 13.8 Å². The van der Waals surface area contributed by atoms with Gasteiger partial charge in [-0.1, -0.05) is 11.6 Å². The Kier molecular flexibility index (Phi) is 2.16. The second kappa shape index (κ2) is 3.21. The van der Waals surface area contributed by atoms with Crippen molar-refractivity contribution in [2.75, 3.05) is 0 Å². The molecular formula is C11H10ClNO. The predicted molar refractivity (Wildman–Crippen MR) is 57.9 cm³/mol. The van der Waals surface area contributed by atoms with Crippen LogP contribution in [0.5, 0.6) is 0 Å². The van der Waals surface area contributed by atoms with Crippen LogP contribution in [0.25, 0.3) is 0 Å². The molecule has 14 heavy (non-hydrogen) atoms. The summed E-state index contributed by atoms with van der Waals surface area (Å²) in [7, 11) is 0. The zero-order valence-corrected chi connectivity index (χ0v) is 8.85. The molecule has 0 saturated carbocycles. The van der Waals surface area contributed by atoms with Crippen molar-refractivity contribution in [1.82, 2.24) is 0 Å². The first-order valence-corrected chi connectivity index (χ1v) is 4.84. The quantitative estimate of drug-likeness (QED) is 0.642. The molecule has 0 amide bonds. The highest BCUT2D eigenvalue weighted by Gasteiger charge is 2.19. The fourth-order valence-corrected chi connectivity index (χ4v) is 1.76. The van der Waals surface area contributed by atoms with E-state index in [1.54, 1.807) is 12.1 Å². The topological polar surface area (TPSA) is 29.4 Å². The Morgan fingerprint density at radius 3 is 2.79 bits per heavy atom. The summed E-state index contributed by atoms with van der Waals surface area (Å²) in [5, 5.41) is 0.662. The van der Waals surface area contributed by atoms with Gasteiger partial charge in [0.2, 0.25) is 0 Å². The van der Waals surface area contributed by atoms with Crippen LogP contribution in [0.3, 0.4) is 0 Å². The molecule has 72 valence electrons. The lowest BCUT2D eigenvalue weighted by Crippen LogP contribution is -2.11. The third-order valence-corrected chi connectivity index (χ3v) is 2.79. The van der Waals surface area contributed by atoms with Crippen molar-refractivity contribution in [3.63, 3.8) is 0 Å². The number of benzene rings is 1. The Morgan fingerprint density at radius 2 is 2.07 bits per heavy atom. The van der Waals surface area contributed by atoms with E-state index in [0.29, 0.717) is 17.0 Å². The molecule has 3 heteroatoms. The van der Waals surface area contributed by atoms with Crippen LogP contribution in [0.4, 0.5) is 5.69 Å². The number of carbonyl (C=O) groups excluding carboxylic acids is 1. The summed E-state index contributed by atoms with van der Waals surface area (Å²) in [4.78, 5) is 16.0. The van der Waals surface area contributed by atoms with Gasteiger partial charge < -0.3 is 0 Å². The third-order valence-electron chi connectivity index (χ3n) is 2.38. The lowest BCUT2D eigenvalue weighted by atomic mass is 9.98. The standard InChI is InChI=1S/C11H10ClNO/c1-6-5-10(14)8-3-4-9(12)7(2)11(8)13-6/h3-4H,5H2,1-2H3. The SMILES string of the molecule is CC1=Nc2c(ccc(Cl)c2C)C(=O)C1. The zero-order chi connectivity index (χ0) is 10.3. The summed E-state index contributed by atoms with van der Waals surface area (Å²) in [6, 6.07) is 3.51. The van der Waals surface area contributed by atoms with Crippen LogP contribution in [-0.2, 0) is 0 Å². The van der Waals surface area contributed by atoms with Gasteiger partial charge in [-0.05, 0) is 31.5 Å². The van der Waals surface area contributed by atoms with Crippen LogP contribution >= 0.6 is 11.6 Å². The number of hydrogen-bond acceptors (Lipinski definition) is 2. The van der Waals surface area contributed by atoms with Crippen molar-refractivity contribution >= 4 is 28.8 Å². The van der Waals surface area contributed by atoms with Gasteiger partial charge in [0.05, 0.1) is 5.69 Å². The van der Waals surface area contributed by atoms with Crippen LogP contribution in [0.1, 0.15) is 29.3 Å². The second-order valence-corrected chi connectivity index (χ2v) is 3.92. The zero-order valence-electron chi connectivity index (χ0n) is 8.10. The monoisotopic (exact) mass is 207 g/mol. The van der Waals surface area contributed by atoms with Crippen molar-refractivity contribution < 1.29 is 4.79 Å². The van der Waals surface area contributed by atoms with Gasteiger partial charge in [-0.2, -0.15) is 0 Å². The molecule has 0 fully saturated rings. The summed E-state index contributed by atoms with van der Waals surface area (Å²) in [6.45, 7) is 3.75. The lowest BCUT2D eigenvalue weighted by Gasteiger charge is -2.14. The molecule has 1 heterocycles. The van der Waals surface area contributed by atoms with E-state index in [9.17, 15) is 4.79 Å². The number of aliphatic imine (C=N–C) groups is 1. The van der Waals surface area contributed by atoms with Crippen molar-refractivity contribution in [2.24, 2.45) is 4.99 Å². The maximum Gasteiger partial charge on any atom is 0.170 e. The molecule has 1 aromatic rings. The van der Waals surface area contributed by atoms with Crippen LogP contribution in [0.2, 0.25) is 5.02 Å². The van der Waals surface area contributed by atoms with Gasteiger partial charge in [-0.15, -0.1) is 0 Å². The maximum absolute atomic E-state index is 11.6. The molecule has 0 spiro atoms. The number of rotatable bonds is 0. The Labute approximate surface area is 87.6 Å². The molecule has 1 aromatic carbocycles. The minimum Gasteiger partial charge on any atom is -0.294 e. The molecule has 2 rings (SSSR count). The normalized spacial score (nSPS) is 15.1. The summed E-state index contributed by atoms with van der Waals surface area (Å²) in [5.41, 5.74) is 3.17. The number of ketones is 1. The van der Waals surface area contributed by atoms with Crippen LogP contribution in [0, 0.1) is 6.92 Å². The number of halogens is 1. The van der Waals surface area contributed by atoms with E-state index in [-0.39, 0.29) is 5.78 Å². The first-order chi connectivity index (χ1) is 6.59.